The van der Waals surface area contributed by atoms with Gasteiger partial charge in [0.05, 0.1) is 6.20 Å². The second-order valence-corrected chi connectivity index (χ2v) is 5.33. The minimum absolute atomic E-state index is 0.395. The van der Waals surface area contributed by atoms with Crippen molar-refractivity contribution in [2.45, 2.75) is 39.8 Å². The van der Waals surface area contributed by atoms with Gasteiger partial charge in [0.1, 0.15) is 0 Å². The highest BCUT2D eigenvalue weighted by Crippen LogP contribution is 2.24. The van der Waals surface area contributed by atoms with E-state index in [0.717, 1.165) is 19.5 Å². The quantitative estimate of drug-likeness (QED) is 0.836. The van der Waals surface area contributed by atoms with Crippen molar-refractivity contribution in [2.75, 3.05) is 6.54 Å². The molecule has 0 aliphatic rings. The minimum Gasteiger partial charge on any atom is -0.310 e. The van der Waals surface area contributed by atoms with Crippen LogP contribution in [0.4, 0.5) is 0 Å². The zero-order valence-corrected chi connectivity index (χ0v) is 12.7. The van der Waals surface area contributed by atoms with Gasteiger partial charge in [-0.15, -0.1) is 0 Å². The summed E-state index contributed by atoms with van der Waals surface area (Å²) in [4.78, 5) is 0. The van der Waals surface area contributed by atoms with Crippen LogP contribution in [-0.4, -0.2) is 16.3 Å². The number of nitrogens with zero attached hydrogens (tertiary/aromatic N) is 2. The molecule has 3 heteroatoms. The van der Waals surface area contributed by atoms with Crippen LogP contribution < -0.4 is 5.32 Å². The zero-order chi connectivity index (χ0) is 14.4. The number of benzene rings is 1. The predicted octanol–water partition coefficient (Wildman–Crippen LogP) is 3.43. The summed E-state index contributed by atoms with van der Waals surface area (Å²) < 4.78 is 1.99. The first-order valence-electron chi connectivity index (χ1n) is 7.54. The van der Waals surface area contributed by atoms with Crippen molar-refractivity contribution in [3.63, 3.8) is 0 Å². The molecule has 0 spiro atoms. The number of aryl methyl sites for hydroxylation is 1. The van der Waals surface area contributed by atoms with Gasteiger partial charge >= 0.3 is 0 Å². The maximum absolute atomic E-state index is 4.36. The molecule has 0 bridgehead atoms. The van der Waals surface area contributed by atoms with Crippen LogP contribution in [0.1, 0.15) is 37.9 Å². The average Bonchev–Trinajstić information content (AvgIpc) is 2.93. The molecular weight excluding hydrogens is 246 g/mol. The van der Waals surface area contributed by atoms with Gasteiger partial charge in [-0.1, -0.05) is 44.2 Å². The molecule has 1 heterocycles. The third kappa shape index (κ3) is 3.70. The maximum Gasteiger partial charge on any atom is 0.0521 e. The highest BCUT2D eigenvalue weighted by molar-refractivity contribution is 5.20. The van der Waals surface area contributed by atoms with E-state index in [1.54, 1.807) is 0 Å². The van der Waals surface area contributed by atoms with E-state index in [9.17, 15) is 0 Å². The van der Waals surface area contributed by atoms with Crippen LogP contribution in [0.5, 0.6) is 0 Å². The summed E-state index contributed by atoms with van der Waals surface area (Å²) in [6.45, 7) is 8.51. The second kappa shape index (κ2) is 7.25. The minimum atomic E-state index is 0.395. The van der Waals surface area contributed by atoms with Crippen LogP contribution in [0.15, 0.2) is 42.7 Å². The van der Waals surface area contributed by atoms with Crippen molar-refractivity contribution < 1.29 is 0 Å². The molecule has 1 aromatic carbocycles. The first kappa shape index (κ1) is 14.8. The van der Waals surface area contributed by atoms with E-state index in [1.807, 2.05) is 10.9 Å². The standard InChI is InChI=1S/C17H25N3/c1-4-18-17(16-9-7-6-8-10-16)14(3)11-15-12-19-20(5-2)13-15/h6-10,12-14,17-18H,4-5,11H2,1-3H3. The second-order valence-electron chi connectivity index (χ2n) is 5.33. The molecule has 2 rings (SSSR count). The van der Waals surface area contributed by atoms with Gasteiger partial charge in [0, 0.05) is 18.8 Å². The molecule has 3 nitrogen and oxygen atoms in total. The van der Waals surface area contributed by atoms with Crippen molar-refractivity contribution in [3.8, 4) is 0 Å². The molecule has 20 heavy (non-hydrogen) atoms. The Morgan fingerprint density at radius 2 is 1.95 bits per heavy atom. The smallest absolute Gasteiger partial charge is 0.0521 e. The third-order valence-corrected chi connectivity index (χ3v) is 3.72. The lowest BCUT2D eigenvalue weighted by Crippen LogP contribution is -2.27. The molecule has 0 radical (unpaired) electrons. The van der Waals surface area contributed by atoms with Gasteiger partial charge in [-0.25, -0.2) is 0 Å². The molecule has 1 aromatic heterocycles. The van der Waals surface area contributed by atoms with Crippen molar-refractivity contribution in [1.29, 1.82) is 0 Å². The van der Waals surface area contributed by atoms with E-state index < -0.39 is 0 Å². The van der Waals surface area contributed by atoms with E-state index in [-0.39, 0.29) is 0 Å². The van der Waals surface area contributed by atoms with Crippen LogP contribution in [0.2, 0.25) is 0 Å². The summed E-state index contributed by atoms with van der Waals surface area (Å²) in [5, 5.41) is 7.97. The van der Waals surface area contributed by atoms with Gasteiger partial charge in [-0.05, 0) is 36.9 Å². The molecule has 2 unspecified atom stereocenters. The van der Waals surface area contributed by atoms with Crippen molar-refractivity contribution in [1.82, 2.24) is 15.1 Å². The topological polar surface area (TPSA) is 29.9 Å². The Bertz CT molecular complexity index is 504. The highest BCUT2D eigenvalue weighted by Gasteiger charge is 2.19. The lowest BCUT2D eigenvalue weighted by atomic mass is 9.90. The van der Waals surface area contributed by atoms with Gasteiger partial charge in [-0.2, -0.15) is 5.10 Å². The molecule has 0 saturated carbocycles. The monoisotopic (exact) mass is 271 g/mol. The summed E-state index contributed by atoms with van der Waals surface area (Å²) in [6.07, 6.45) is 5.20. The molecule has 0 aliphatic heterocycles. The van der Waals surface area contributed by atoms with Gasteiger partial charge in [-0.3, -0.25) is 4.68 Å². The summed E-state index contributed by atoms with van der Waals surface area (Å²) in [5.74, 6) is 0.534. The molecule has 0 fully saturated rings. The largest absolute Gasteiger partial charge is 0.310 e. The first-order valence-corrected chi connectivity index (χ1v) is 7.54. The Balaban J connectivity index is 2.08. The average molecular weight is 271 g/mol. The molecule has 2 aromatic rings. The summed E-state index contributed by atoms with van der Waals surface area (Å²) in [7, 11) is 0. The van der Waals surface area contributed by atoms with Crippen LogP contribution in [0, 0.1) is 5.92 Å². The molecule has 2 atom stereocenters. The number of aromatic nitrogens is 2. The van der Waals surface area contributed by atoms with Gasteiger partial charge < -0.3 is 5.32 Å². The Labute approximate surface area is 122 Å². The van der Waals surface area contributed by atoms with E-state index in [1.165, 1.54) is 11.1 Å². The fourth-order valence-electron chi connectivity index (χ4n) is 2.70. The van der Waals surface area contributed by atoms with E-state index in [0.29, 0.717) is 12.0 Å². The fourth-order valence-corrected chi connectivity index (χ4v) is 2.70. The molecule has 0 aliphatic carbocycles. The maximum atomic E-state index is 4.36. The number of hydrogen-bond donors (Lipinski definition) is 1. The Morgan fingerprint density at radius 3 is 2.55 bits per heavy atom. The number of nitrogens with one attached hydrogen (secondary N) is 1. The van der Waals surface area contributed by atoms with Crippen LogP contribution >= 0.6 is 0 Å². The van der Waals surface area contributed by atoms with Gasteiger partial charge in [0.2, 0.25) is 0 Å². The number of hydrogen-bond acceptors (Lipinski definition) is 2. The Morgan fingerprint density at radius 1 is 1.20 bits per heavy atom. The molecule has 0 amide bonds. The normalized spacial score (nSPS) is 14.2. The van der Waals surface area contributed by atoms with E-state index >= 15 is 0 Å². The Kier molecular flexibility index (Phi) is 5.36. The van der Waals surface area contributed by atoms with Crippen LogP contribution in [0.3, 0.4) is 0 Å². The lowest BCUT2D eigenvalue weighted by molar-refractivity contribution is 0.391. The molecular formula is C17H25N3. The van der Waals surface area contributed by atoms with Crippen molar-refractivity contribution in [3.05, 3.63) is 53.9 Å². The molecule has 0 saturated heterocycles. The molecule has 1 N–H and O–H groups in total. The fraction of sp³-hybridized carbons (Fsp3) is 0.471. The first-order chi connectivity index (χ1) is 9.74. The third-order valence-electron chi connectivity index (χ3n) is 3.72. The van der Waals surface area contributed by atoms with Gasteiger partial charge in [0.15, 0.2) is 0 Å². The number of rotatable bonds is 7. The van der Waals surface area contributed by atoms with E-state index in [2.05, 4.69) is 67.7 Å². The van der Waals surface area contributed by atoms with Gasteiger partial charge in [0.25, 0.3) is 0 Å². The van der Waals surface area contributed by atoms with E-state index in [4.69, 9.17) is 0 Å². The van der Waals surface area contributed by atoms with Crippen molar-refractivity contribution >= 4 is 0 Å². The van der Waals surface area contributed by atoms with Crippen LogP contribution in [-0.2, 0) is 13.0 Å². The SMILES string of the molecule is CCNC(c1ccccc1)C(C)Cc1cnn(CC)c1. The van der Waals surface area contributed by atoms with Crippen LogP contribution in [0.25, 0.3) is 0 Å². The summed E-state index contributed by atoms with van der Waals surface area (Å²) >= 11 is 0. The lowest BCUT2D eigenvalue weighted by Gasteiger charge is -2.25. The Hall–Kier alpha value is -1.61. The predicted molar refractivity (Wildman–Crippen MR) is 83.6 cm³/mol. The van der Waals surface area contributed by atoms with Crippen molar-refractivity contribution in [2.24, 2.45) is 5.92 Å². The summed E-state index contributed by atoms with van der Waals surface area (Å²) in [6, 6.07) is 11.1. The molecule has 108 valence electrons. The summed E-state index contributed by atoms with van der Waals surface area (Å²) in [5.41, 5.74) is 2.68. The highest BCUT2D eigenvalue weighted by atomic mass is 15.3. The zero-order valence-electron chi connectivity index (χ0n) is 12.7.